The van der Waals surface area contributed by atoms with E-state index in [-0.39, 0.29) is 0 Å². The van der Waals surface area contributed by atoms with Crippen LogP contribution in [-0.4, -0.2) is 9.55 Å². The van der Waals surface area contributed by atoms with Crippen molar-refractivity contribution in [1.82, 2.24) is 9.55 Å². The molecule has 46 heavy (non-hydrogen) atoms. The molecule has 2 heteroatoms. The first kappa shape index (κ1) is 26.4. The summed E-state index contributed by atoms with van der Waals surface area (Å²) in [6.45, 7) is 0. The lowest BCUT2D eigenvalue weighted by atomic mass is 9.85. The first-order valence-corrected chi connectivity index (χ1v) is 15.8. The van der Waals surface area contributed by atoms with Crippen molar-refractivity contribution < 1.29 is 0 Å². The molecule has 0 fully saturated rings. The standard InChI is InChI=1S/C44H30N2/c1-46-41-26-25-34(28-40(41)45-44(46)32-12-3-2-4-13-32)30-19-22-31(23-20-30)42-36-15-7-9-17-38(36)43(39-18-10-8-16-37(39)42)35-24-21-29-11-5-6-14-33(29)27-35/h2-28H,1H3. The summed E-state index contributed by atoms with van der Waals surface area (Å²) in [6.07, 6.45) is 0. The summed E-state index contributed by atoms with van der Waals surface area (Å²) in [4.78, 5) is 5.01. The topological polar surface area (TPSA) is 17.8 Å². The minimum absolute atomic E-state index is 0.981. The van der Waals surface area contributed by atoms with E-state index in [1.807, 2.05) is 6.07 Å². The van der Waals surface area contributed by atoms with Crippen LogP contribution >= 0.6 is 0 Å². The Morgan fingerprint density at radius 1 is 0.391 bits per heavy atom. The first-order valence-electron chi connectivity index (χ1n) is 15.8. The average molecular weight is 587 g/mol. The van der Waals surface area contributed by atoms with Crippen LogP contribution in [0.2, 0.25) is 0 Å². The number of aryl methyl sites for hydroxylation is 1. The Morgan fingerprint density at radius 3 is 1.59 bits per heavy atom. The predicted molar refractivity (Wildman–Crippen MR) is 195 cm³/mol. The smallest absolute Gasteiger partial charge is 0.140 e. The maximum atomic E-state index is 5.01. The summed E-state index contributed by atoms with van der Waals surface area (Å²) in [5.41, 5.74) is 10.6. The van der Waals surface area contributed by atoms with E-state index in [9.17, 15) is 0 Å². The Bertz CT molecular complexity index is 2520. The van der Waals surface area contributed by atoms with Gasteiger partial charge in [0, 0.05) is 12.6 Å². The fourth-order valence-corrected chi connectivity index (χ4v) is 7.15. The number of aromatic nitrogens is 2. The Morgan fingerprint density at radius 2 is 0.913 bits per heavy atom. The number of hydrogen-bond acceptors (Lipinski definition) is 1. The fraction of sp³-hybridized carbons (Fsp3) is 0.0227. The van der Waals surface area contributed by atoms with Crippen LogP contribution in [0.25, 0.3) is 88.1 Å². The minimum atomic E-state index is 0.981. The molecule has 9 aromatic rings. The van der Waals surface area contributed by atoms with Gasteiger partial charge in [0.25, 0.3) is 0 Å². The van der Waals surface area contributed by atoms with Gasteiger partial charge in [0.2, 0.25) is 0 Å². The number of imidazole rings is 1. The van der Waals surface area contributed by atoms with Crippen molar-refractivity contribution in [2.75, 3.05) is 0 Å². The highest BCUT2D eigenvalue weighted by atomic mass is 15.1. The van der Waals surface area contributed by atoms with E-state index in [4.69, 9.17) is 4.98 Å². The monoisotopic (exact) mass is 586 g/mol. The first-order chi connectivity index (χ1) is 22.7. The maximum absolute atomic E-state index is 5.01. The molecular formula is C44H30N2. The number of benzene rings is 8. The van der Waals surface area contributed by atoms with Crippen LogP contribution in [0.1, 0.15) is 0 Å². The zero-order valence-corrected chi connectivity index (χ0v) is 25.5. The zero-order valence-electron chi connectivity index (χ0n) is 25.5. The second kappa shape index (κ2) is 10.6. The van der Waals surface area contributed by atoms with Crippen molar-refractivity contribution in [3.63, 3.8) is 0 Å². The van der Waals surface area contributed by atoms with Gasteiger partial charge in [0.1, 0.15) is 5.82 Å². The molecule has 0 bridgehead atoms. The SMILES string of the molecule is Cn1c(-c2ccccc2)nc2cc(-c3ccc(-c4c5ccccc5c(-c5ccc6ccccc6c5)c5ccccc45)cc3)ccc21. The third-order valence-corrected chi connectivity index (χ3v) is 9.39. The highest BCUT2D eigenvalue weighted by Gasteiger charge is 2.17. The van der Waals surface area contributed by atoms with E-state index in [2.05, 4.69) is 169 Å². The minimum Gasteiger partial charge on any atom is -0.327 e. The molecule has 0 aliphatic carbocycles. The summed E-state index contributed by atoms with van der Waals surface area (Å²) < 4.78 is 2.18. The Labute approximate surface area is 267 Å². The Hall–Kier alpha value is -5.99. The second-order valence-corrected chi connectivity index (χ2v) is 12.0. The van der Waals surface area contributed by atoms with Gasteiger partial charge < -0.3 is 4.57 Å². The van der Waals surface area contributed by atoms with Crippen LogP contribution in [0.4, 0.5) is 0 Å². The van der Waals surface area contributed by atoms with Gasteiger partial charge in [-0.3, -0.25) is 0 Å². The maximum Gasteiger partial charge on any atom is 0.140 e. The molecule has 1 aromatic heterocycles. The lowest BCUT2D eigenvalue weighted by molar-refractivity contribution is 0.959. The van der Waals surface area contributed by atoms with Gasteiger partial charge >= 0.3 is 0 Å². The molecule has 216 valence electrons. The normalized spacial score (nSPS) is 11.6. The molecule has 0 amide bonds. The third kappa shape index (κ3) is 4.22. The molecule has 8 aromatic carbocycles. The van der Waals surface area contributed by atoms with Crippen LogP contribution in [0.3, 0.4) is 0 Å². The van der Waals surface area contributed by atoms with Crippen molar-refractivity contribution in [1.29, 1.82) is 0 Å². The summed E-state index contributed by atoms with van der Waals surface area (Å²) in [5, 5.41) is 7.58. The molecule has 0 saturated carbocycles. The molecule has 0 radical (unpaired) electrons. The number of hydrogen-bond donors (Lipinski definition) is 0. The van der Waals surface area contributed by atoms with Crippen LogP contribution in [-0.2, 0) is 7.05 Å². The number of nitrogens with zero attached hydrogens (tertiary/aromatic N) is 2. The molecule has 1 heterocycles. The van der Waals surface area contributed by atoms with Gasteiger partial charge in [0.05, 0.1) is 11.0 Å². The van der Waals surface area contributed by atoms with E-state index >= 15 is 0 Å². The Kier molecular flexibility index (Phi) is 6.07. The third-order valence-electron chi connectivity index (χ3n) is 9.39. The molecule has 0 saturated heterocycles. The van der Waals surface area contributed by atoms with E-state index in [1.54, 1.807) is 0 Å². The van der Waals surface area contributed by atoms with Gasteiger partial charge in [-0.1, -0.05) is 146 Å². The molecule has 0 aliphatic rings. The van der Waals surface area contributed by atoms with E-state index in [0.717, 1.165) is 28.0 Å². The van der Waals surface area contributed by atoms with E-state index < -0.39 is 0 Å². The van der Waals surface area contributed by atoms with E-state index in [0.29, 0.717) is 0 Å². The van der Waals surface area contributed by atoms with Crippen molar-refractivity contribution in [2.24, 2.45) is 7.05 Å². The van der Waals surface area contributed by atoms with Gasteiger partial charge in [-0.2, -0.15) is 0 Å². The highest BCUT2D eigenvalue weighted by Crippen LogP contribution is 2.44. The molecule has 0 aliphatic heterocycles. The van der Waals surface area contributed by atoms with Crippen molar-refractivity contribution in [3.8, 4) is 44.8 Å². The molecule has 0 atom stereocenters. The molecule has 0 unspecified atom stereocenters. The van der Waals surface area contributed by atoms with Gasteiger partial charge in [-0.25, -0.2) is 4.98 Å². The molecule has 2 nitrogen and oxygen atoms in total. The van der Waals surface area contributed by atoms with Crippen molar-refractivity contribution in [2.45, 2.75) is 0 Å². The lowest BCUT2D eigenvalue weighted by Crippen LogP contribution is -1.92. The zero-order chi connectivity index (χ0) is 30.6. The fourth-order valence-electron chi connectivity index (χ4n) is 7.15. The molecular weight excluding hydrogens is 556 g/mol. The quantitative estimate of drug-likeness (QED) is 0.188. The number of rotatable bonds is 4. The largest absolute Gasteiger partial charge is 0.327 e. The average Bonchev–Trinajstić information content (AvgIpc) is 3.46. The lowest BCUT2D eigenvalue weighted by Gasteiger charge is -2.18. The highest BCUT2D eigenvalue weighted by molar-refractivity contribution is 6.21. The summed E-state index contributed by atoms with van der Waals surface area (Å²) in [7, 11) is 2.09. The number of fused-ring (bicyclic) bond motifs is 4. The van der Waals surface area contributed by atoms with Crippen LogP contribution < -0.4 is 0 Å². The van der Waals surface area contributed by atoms with Crippen molar-refractivity contribution in [3.05, 3.63) is 164 Å². The summed E-state index contributed by atoms with van der Waals surface area (Å²) in [6, 6.07) is 59.2. The Balaban J connectivity index is 1.17. The summed E-state index contributed by atoms with van der Waals surface area (Å²) in [5.74, 6) is 0.981. The molecule has 9 rings (SSSR count). The van der Waals surface area contributed by atoms with Crippen LogP contribution in [0.5, 0.6) is 0 Å². The predicted octanol–water partition coefficient (Wildman–Crippen LogP) is 11.7. The van der Waals surface area contributed by atoms with Crippen molar-refractivity contribution >= 4 is 43.4 Å². The molecule has 0 spiro atoms. The van der Waals surface area contributed by atoms with Gasteiger partial charge in [-0.15, -0.1) is 0 Å². The van der Waals surface area contributed by atoms with Gasteiger partial charge in [-0.05, 0) is 83.9 Å². The second-order valence-electron chi connectivity index (χ2n) is 12.0. The van der Waals surface area contributed by atoms with Crippen LogP contribution in [0, 0.1) is 0 Å². The van der Waals surface area contributed by atoms with Crippen LogP contribution in [0.15, 0.2) is 164 Å². The summed E-state index contributed by atoms with van der Waals surface area (Å²) >= 11 is 0. The van der Waals surface area contributed by atoms with E-state index in [1.165, 1.54) is 60.1 Å². The molecule has 0 N–H and O–H groups in total. The van der Waals surface area contributed by atoms with Gasteiger partial charge in [0.15, 0.2) is 0 Å².